The molecule has 4 heterocycles. The number of anilines is 1. The third-order valence-corrected chi connectivity index (χ3v) is 8.19. The van der Waals surface area contributed by atoms with Gasteiger partial charge in [-0.15, -0.1) is 5.10 Å². The molecule has 196 valence electrons. The molecule has 6 rings (SSSR count). The number of nitriles is 1. The van der Waals surface area contributed by atoms with Crippen molar-refractivity contribution >= 4 is 28.3 Å². The lowest BCUT2D eigenvalue weighted by Crippen LogP contribution is -2.43. The van der Waals surface area contributed by atoms with E-state index in [1.807, 2.05) is 19.1 Å². The number of ether oxygens (including phenoxy) is 2. The average molecular weight is 524 g/mol. The van der Waals surface area contributed by atoms with E-state index in [0.717, 1.165) is 16.4 Å². The van der Waals surface area contributed by atoms with Crippen LogP contribution in [0.4, 0.5) is 18.9 Å². The number of imide groups is 1. The second-order valence-electron chi connectivity index (χ2n) is 10.3. The summed E-state index contributed by atoms with van der Waals surface area (Å²) in [6.07, 6.45) is -3.33. The molecule has 0 aliphatic carbocycles. The van der Waals surface area contributed by atoms with Gasteiger partial charge in [0.2, 0.25) is 17.7 Å². The number of benzene rings is 2. The Morgan fingerprint density at radius 1 is 1.16 bits per heavy atom. The van der Waals surface area contributed by atoms with E-state index in [0.29, 0.717) is 22.9 Å². The number of nitrogens with zero attached hydrogens (tertiary/aromatic N) is 4. The lowest BCUT2D eigenvalue weighted by molar-refractivity contribution is -0.143. The highest BCUT2D eigenvalue weighted by Gasteiger charge is 2.74. The van der Waals surface area contributed by atoms with E-state index < -0.39 is 46.7 Å². The second kappa shape index (κ2) is 8.04. The van der Waals surface area contributed by atoms with Crippen LogP contribution >= 0.6 is 0 Å². The van der Waals surface area contributed by atoms with Gasteiger partial charge in [-0.25, -0.2) is 4.90 Å². The summed E-state index contributed by atoms with van der Waals surface area (Å²) in [6, 6.07) is 13.6. The number of amides is 2. The minimum atomic E-state index is -4.57. The number of aryl methyl sites for hydroxylation is 1. The molecule has 2 bridgehead atoms. The van der Waals surface area contributed by atoms with E-state index in [1.165, 1.54) is 7.05 Å². The Kier molecular flexibility index (Phi) is 5.17. The minimum Gasteiger partial charge on any atom is -0.476 e. The standard InChI is InChI=1S/C27H23F3N4O4/c1-25-9-10-26(38-25,11-12-37-20-13-19(27(28,29)30)33(2)32-20)22-21(25)23(35)34(24(22)36)18-8-7-15-5-3-4-6-16(15)17(18)14-31/h3-8,13,21-22H,9-12H2,1-2H3. The Hall–Kier alpha value is -3.91. The van der Waals surface area contributed by atoms with Crippen LogP contribution in [0.5, 0.6) is 5.88 Å². The second-order valence-corrected chi connectivity index (χ2v) is 10.3. The van der Waals surface area contributed by atoms with Crippen molar-refractivity contribution in [2.75, 3.05) is 11.5 Å². The molecule has 11 heteroatoms. The van der Waals surface area contributed by atoms with Crippen LogP contribution in [0, 0.1) is 23.2 Å². The molecule has 0 saturated carbocycles. The van der Waals surface area contributed by atoms with Crippen LogP contribution < -0.4 is 9.64 Å². The van der Waals surface area contributed by atoms with Crippen molar-refractivity contribution in [1.29, 1.82) is 5.26 Å². The number of rotatable bonds is 5. The highest BCUT2D eigenvalue weighted by molar-refractivity contribution is 6.24. The van der Waals surface area contributed by atoms with Crippen LogP contribution in [0.25, 0.3) is 10.8 Å². The molecule has 4 unspecified atom stereocenters. The zero-order valence-corrected chi connectivity index (χ0v) is 20.6. The van der Waals surface area contributed by atoms with E-state index in [1.54, 1.807) is 24.3 Å². The zero-order chi connectivity index (χ0) is 27.0. The fraction of sp³-hybridized carbons (Fsp3) is 0.407. The summed E-state index contributed by atoms with van der Waals surface area (Å²) in [6.45, 7) is 1.77. The van der Waals surface area contributed by atoms with Gasteiger partial charge in [-0.2, -0.15) is 18.4 Å². The first-order valence-corrected chi connectivity index (χ1v) is 12.2. The molecule has 3 aromatic rings. The number of halogens is 3. The lowest BCUT2D eigenvalue weighted by atomic mass is 9.67. The highest BCUT2D eigenvalue weighted by Crippen LogP contribution is 2.62. The number of fused-ring (bicyclic) bond motifs is 6. The molecule has 8 nitrogen and oxygen atoms in total. The largest absolute Gasteiger partial charge is 0.476 e. The number of hydrogen-bond acceptors (Lipinski definition) is 6. The average Bonchev–Trinajstić information content (AvgIpc) is 3.56. The van der Waals surface area contributed by atoms with Gasteiger partial charge in [-0.1, -0.05) is 30.3 Å². The summed E-state index contributed by atoms with van der Waals surface area (Å²) in [5.41, 5.74) is -2.32. The quantitative estimate of drug-likeness (QED) is 0.460. The maximum absolute atomic E-state index is 13.9. The van der Waals surface area contributed by atoms with Crippen molar-refractivity contribution in [3.8, 4) is 11.9 Å². The Labute approximate surface area is 215 Å². The third kappa shape index (κ3) is 3.36. The van der Waals surface area contributed by atoms with Crippen molar-refractivity contribution in [2.24, 2.45) is 18.9 Å². The van der Waals surface area contributed by atoms with Gasteiger partial charge in [0.1, 0.15) is 11.8 Å². The van der Waals surface area contributed by atoms with Crippen LogP contribution in [-0.2, 0) is 27.5 Å². The van der Waals surface area contributed by atoms with Gasteiger partial charge in [-0.05, 0) is 31.2 Å². The number of carbonyl (C=O) groups excluding carboxylic acids is 2. The maximum atomic E-state index is 13.9. The molecule has 0 radical (unpaired) electrons. The zero-order valence-electron chi connectivity index (χ0n) is 20.6. The molecule has 2 aromatic carbocycles. The Morgan fingerprint density at radius 2 is 1.89 bits per heavy atom. The summed E-state index contributed by atoms with van der Waals surface area (Å²) in [5.74, 6) is -2.54. The number of hydrogen-bond donors (Lipinski definition) is 0. The predicted molar refractivity (Wildman–Crippen MR) is 128 cm³/mol. The molecule has 1 aromatic heterocycles. The van der Waals surface area contributed by atoms with E-state index >= 15 is 0 Å². The molecule has 3 saturated heterocycles. The van der Waals surface area contributed by atoms with Gasteiger partial charge in [-0.3, -0.25) is 14.3 Å². The van der Waals surface area contributed by atoms with Gasteiger partial charge in [0, 0.05) is 24.9 Å². The summed E-state index contributed by atoms with van der Waals surface area (Å²) < 4.78 is 51.9. The molecule has 38 heavy (non-hydrogen) atoms. The summed E-state index contributed by atoms with van der Waals surface area (Å²) >= 11 is 0. The molecule has 3 fully saturated rings. The summed E-state index contributed by atoms with van der Waals surface area (Å²) in [4.78, 5) is 28.7. The van der Waals surface area contributed by atoms with Crippen LogP contribution in [0.2, 0.25) is 0 Å². The number of alkyl halides is 3. The third-order valence-electron chi connectivity index (χ3n) is 8.19. The summed E-state index contributed by atoms with van der Waals surface area (Å²) in [5, 5.41) is 15.2. The Balaban J connectivity index is 1.29. The van der Waals surface area contributed by atoms with Crippen LogP contribution in [0.15, 0.2) is 42.5 Å². The summed E-state index contributed by atoms with van der Waals surface area (Å²) in [7, 11) is 1.18. The molecule has 4 atom stereocenters. The van der Waals surface area contributed by atoms with Gasteiger partial charge in [0.15, 0.2) is 0 Å². The molecule has 2 amide bonds. The fourth-order valence-electron chi connectivity index (χ4n) is 6.52. The van der Waals surface area contributed by atoms with Crippen LogP contribution in [0.3, 0.4) is 0 Å². The van der Waals surface area contributed by atoms with Crippen molar-refractivity contribution in [2.45, 2.75) is 43.6 Å². The molecule has 3 aliphatic heterocycles. The van der Waals surface area contributed by atoms with Crippen molar-refractivity contribution in [1.82, 2.24) is 9.78 Å². The first kappa shape index (κ1) is 24.4. The smallest absolute Gasteiger partial charge is 0.433 e. The highest BCUT2D eigenvalue weighted by atomic mass is 19.4. The van der Waals surface area contributed by atoms with Crippen molar-refractivity contribution < 1.29 is 32.2 Å². The van der Waals surface area contributed by atoms with Gasteiger partial charge in [0.05, 0.1) is 40.9 Å². The molecule has 0 spiro atoms. The number of carbonyl (C=O) groups is 2. The Bertz CT molecular complexity index is 1540. The van der Waals surface area contributed by atoms with E-state index in [2.05, 4.69) is 11.2 Å². The lowest BCUT2D eigenvalue weighted by Gasteiger charge is -2.31. The van der Waals surface area contributed by atoms with Crippen LogP contribution in [0.1, 0.15) is 37.4 Å². The Morgan fingerprint density at radius 3 is 2.61 bits per heavy atom. The number of aromatic nitrogens is 2. The minimum absolute atomic E-state index is 0.0471. The van der Waals surface area contributed by atoms with Gasteiger partial charge in [0.25, 0.3) is 0 Å². The van der Waals surface area contributed by atoms with E-state index in [-0.39, 0.29) is 30.2 Å². The molecular weight excluding hydrogens is 501 g/mol. The van der Waals surface area contributed by atoms with Gasteiger partial charge < -0.3 is 9.47 Å². The topological polar surface area (TPSA) is 97.4 Å². The SMILES string of the molecule is Cn1nc(OCCC23CCC(C)(O2)C2C(=O)N(c4ccc5ccccc5c4C#N)C(=O)C23)cc1C(F)(F)F. The maximum Gasteiger partial charge on any atom is 0.433 e. The molecular formula is C27H23F3N4O4. The van der Waals surface area contributed by atoms with E-state index in [4.69, 9.17) is 9.47 Å². The van der Waals surface area contributed by atoms with E-state index in [9.17, 15) is 28.0 Å². The molecule has 3 aliphatic rings. The monoisotopic (exact) mass is 524 g/mol. The first-order valence-electron chi connectivity index (χ1n) is 12.2. The van der Waals surface area contributed by atoms with Crippen molar-refractivity contribution in [3.05, 3.63) is 53.7 Å². The van der Waals surface area contributed by atoms with Gasteiger partial charge >= 0.3 is 6.18 Å². The molecule has 0 N–H and O–H groups in total. The van der Waals surface area contributed by atoms with Crippen LogP contribution in [-0.4, -0.2) is 39.4 Å². The first-order chi connectivity index (χ1) is 18.0. The normalized spacial score (nSPS) is 28.3. The predicted octanol–water partition coefficient (Wildman–Crippen LogP) is 4.36. The van der Waals surface area contributed by atoms with Crippen molar-refractivity contribution in [3.63, 3.8) is 0 Å². The fourth-order valence-corrected chi connectivity index (χ4v) is 6.52.